The van der Waals surface area contributed by atoms with Gasteiger partial charge in [-0.15, -0.1) is 0 Å². The minimum Gasteiger partial charge on any atom is -0.198 e. The summed E-state index contributed by atoms with van der Waals surface area (Å²) in [7, 11) is 0. The summed E-state index contributed by atoms with van der Waals surface area (Å²) in [5, 5.41) is 8.33. The number of benzene rings is 1. The van der Waals surface area contributed by atoms with Gasteiger partial charge in [-0.3, -0.25) is 0 Å². The largest absolute Gasteiger partial charge is 0.416 e. The molecule has 0 atom stereocenters. The molecule has 0 aliphatic rings. The fourth-order valence-corrected chi connectivity index (χ4v) is 1.32. The van der Waals surface area contributed by atoms with Crippen LogP contribution in [-0.4, -0.2) is 0 Å². The van der Waals surface area contributed by atoms with Crippen LogP contribution >= 0.6 is 11.6 Å². The van der Waals surface area contributed by atoms with E-state index in [2.05, 4.69) is 0 Å². The molecule has 1 rings (SSSR count). The second-order valence-electron chi connectivity index (χ2n) is 2.60. The second-order valence-corrected chi connectivity index (χ2v) is 3.01. The fourth-order valence-electron chi connectivity index (χ4n) is 1.08. The Morgan fingerprint density at radius 1 is 1.36 bits per heavy atom. The second kappa shape index (κ2) is 3.89. The Hall–Kier alpha value is -1.21. The van der Waals surface area contributed by atoms with Gasteiger partial charge in [-0.1, -0.05) is 17.7 Å². The van der Waals surface area contributed by atoms with E-state index in [9.17, 15) is 13.2 Å². The van der Waals surface area contributed by atoms with Crippen molar-refractivity contribution in [2.75, 3.05) is 0 Å². The van der Waals surface area contributed by atoms with E-state index in [1.54, 1.807) is 6.07 Å². The number of nitrogens with zero attached hydrogens (tertiary/aromatic N) is 1. The first-order valence-electron chi connectivity index (χ1n) is 3.68. The zero-order chi connectivity index (χ0) is 10.8. The highest BCUT2D eigenvalue weighted by Gasteiger charge is 2.33. The van der Waals surface area contributed by atoms with Gasteiger partial charge in [-0.25, -0.2) is 0 Å². The molecule has 0 saturated carbocycles. The van der Waals surface area contributed by atoms with Crippen LogP contribution < -0.4 is 0 Å². The normalized spacial score (nSPS) is 11.1. The van der Waals surface area contributed by atoms with E-state index in [0.29, 0.717) is 0 Å². The van der Waals surface area contributed by atoms with E-state index in [0.717, 1.165) is 6.07 Å². The topological polar surface area (TPSA) is 23.8 Å². The van der Waals surface area contributed by atoms with Crippen LogP contribution in [0, 0.1) is 11.3 Å². The van der Waals surface area contributed by atoms with Crippen LogP contribution in [0.2, 0.25) is 5.02 Å². The van der Waals surface area contributed by atoms with Crippen LogP contribution in [-0.2, 0) is 12.6 Å². The first-order valence-corrected chi connectivity index (χ1v) is 4.06. The fraction of sp³-hybridized carbons (Fsp3) is 0.222. The van der Waals surface area contributed by atoms with E-state index < -0.39 is 11.7 Å². The summed E-state index contributed by atoms with van der Waals surface area (Å²) in [5.74, 6) is 0. The van der Waals surface area contributed by atoms with Crippen molar-refractivity contribution < 1.29 is 13.2 Å². The van der Waals surface area contributed by atoms with Crippen LogP contribution in [0.15, 0.2) is 18.2 Å². The van der Waals surface area contributed by atoms with Crippen LogP contribution in [0.4, 0.5) is 13.2 Å². The number of halogens is 4. The molecule has 0 spiro atoms. The van der Waals surface area contributed by atoms with Crippen molar-refractivity contribution in [3.05, 3.63) is 34.3 Å². The number of rotatable bonds is 1. The van der Waals surface area contributed by atoms with E-state index >= 15 is 0 Å². The Bertz CT molecular complexity index is 379. The Balaban J connectivity index is 3.30. The highest BCUT2D eigenvalue weighted by atomic mass is 35.5. The van der Waals surface area contributed by atoms with Crippen molar-refractivity contribution in [1.82, 2.24) is 0 Å². The number of alkyl halides is 3. The van der Waals surface area contributed by atoms with Gasteiger partial charge in [0.05, 0.1) is 18.1 Å². The lowest BCUT2D eigenvalue weighted by atomic mass is 10.0. The molecule has 0 aliphatic heterocycles. The molecule has 0 unspecified atom stereocenters. The number of nitriles is 1. The number of hydrogen-bond acceptors (Lipinski definition) is 1. The van der Waals surface area contributed by atoms with Gasteiger partial charge in [-0.05, 0) is 17.7 Å². The molecule has 74 valence electrons. The summed E-state index contributed by atoms with van der Waals surface area (Å²) in [4.78, 5) is 0. The van der Waals surface area contributed by atoms with Gasteiger partial charge in [0.1, 0.15) is 0 Å². The van der Waals surface area contributed by atoms with Gasteiger partial charge in [0.25, 0.3) is 0 Å². The Labute approximate surface area is 83.7 Å². The first-order chi connectivity index (χ1) is 6.46. The molecule has 1 aromatic carbocycles. The zero-order valence-electron chi connectivity index (χ0n) is 6.90. The van der Waals surface area contributed by atoms with E-state index in [4.69, 9.17) is 16.9 Å². The monoisotopic (exact) mass is 219 g/mol. The Morgan fingerprint density at radius 3 is 2.50 bits per heavy atom. The van der Waals surface area contributed by atoms with Crippen molar-refractivity contribution in [2.45, 2.75) is 12.6 Å². The summed E-state index contributed by atoms with van der Waals surface area (Å²) in [6.45, 7) is 0. The highest BCUT2D eigenvalue weighted by Crippen LogP contribution is 2.34. The van der Waals surface area contributed by atoms with Crippen molar-refractivity contribution in [1.29, 1.82) is 5.26 Å². The van der Waals surface area contributed by atoms with E-state index in [-0.39, 0.29) is 17.0 Å². The number of hydrogen-bond donors (Lipinski definition) is 0. The third-order valence-corrected chi connectivity index (χ3v) is 2.03. The maximum Gasteiger partial charge on any atom is 0.416 e. The van der Waals surface area contributed by atoms with Crippen LogP contribution in [0.5, 0.6) is 0 Å². The van der Waals surface area contributed by atoms with Crippen molar-refractivity contribution in [3.8, 4) is 6.07 Å². The molecule has 5 heteroatoms. The minimum atomic E-state index is -4.46. The molecular weight excluding hydrogens is 215 g/mol. The van der Waals surface area contributed by atoms with Gasteiger partial charge >= 0.3 is 6.18 Å². The lowest BCUT2D eigenvalue weighted by Crippen LogP contribution is -2.09. The van der Waals surface area contributed by atoms with E-state index in [1.165, 1.54) is 12.1 Å². The van der Waals surface area contributed by atoms with Crippen molar-refractivity contribution >= 4 is 11.6 Å². The third kappa shape index (κ3) is 2.18. The SMILES string of the molecule is N#CCc1c(Cl)cccc1C(F)(F)F. The quantitative estimate of drug-likeness (QED) is 0.710. The van der Waals surface area contributed by atoms with Gasteiger partial charge in [-0.2, -0.15) is 18.4 Å². The molecule has 0 bridgehead atoms. The Morgan fingerprint density at radius 2 is 2.00 bits per heavy atom. The summed E-state index contributed by atoms with van der Waals surface area (Å²) in [6.07, 6.45) is -4.80. The molecule has 0 saturated heterocycles. The highest BCUT2D eigenvalue weighted by molar-refractivity contribution is 6.31. The predicted molar refractivity (Wildman–Crippen MR) is 45.8 cm³/mol. The lowest BCUT2D eigenvalue weighted by Gasteiger charge is -2.11. The zero-order valence-corrected chi connectivity index (χ0v) is 7.65. The molecule has 14 heavy (non-hydrogen) atoms. The minimum absolute atomic E-state index is 0.0265. The first kappa shape index (κ1) is 10.9. The predicted octanol–water partition coefficient (Wildman–Crippen LogP) is 3.42. The van der Waals surface area contributed by atoms with Crippen molar-refractivity contribution in [3.63, 3.8) is 0 Å². The molecule has 0 amide bonds. The van der Waals surface area contributed by atoms with Crippen molar-refractivity contribution in [2.24, 2.45) is 0 Å². The van der Waals surface area contributed by atoms with Crippen LogP contribution in [0.1, 0.15) is 11.1 Å². The van der Waals surface area contributed by atoms with Crippen LogP contribution in [0.3, 0.4) is 0 Å². The van der Waals surface area contributed by atoms with Crippen LogP contribution in [0.25, 0.3) is 0 Å². The Kier molecular flexibility index (Phi) is 3.02. The molecule has 0 N–H and O–H groups in total. The summed E-state index contributed by atoms with van der Waals surface area (Å²) < 4.78 is 37.2. The standard InChI is InChI=1S/C9H5ClF3N/c10-8-3-1-2-7(9(11,12)13)6(8)4-5-14/h1-3H,4H2. The molecule has 0 aromatic heterocycles. The molecular formula is C9H5ClF3N. The summed E-state index contributed by atoms with van der Waals surface area (Å²) in [6, 6.07) is 5.12. The molecule has 0 radical (unpaired) electrons. The summed E-state index contributed by atoms with van der Waals surface area (Å²) in [5.41, 5.74) is -1.00. The molecule has 0 heterocycles. The average Bonchev–Trinajstić information content (AvgIpc) is 2.07. The molecule has 0 aliphatic carbocycles. The molecule has 0 fully saturated rings. The summed E-state index contributed by atoms with van der Waals surface area (Å²) >= 11 is 5.56. The van der Waals surface area contributed by atoms with Gasteiger partial charge in [0.15, 0.2) is 0 Å². The molecule has 1 aromatic rings. The maximum absolute atomic E-state index is 12.4. The maximum atomic E-state index is 12.4. The lowest BCUT2D eigenvalue weighted by molar-refractivity contribution is -0.138. The van der Waals surface area contributed by atoms with Gasteiger partial charge in [0.2, 0.25) is 0 Å². The third-order valence-electron chi connectivity index (χ3n) is 1.68. The average molecular weight is 220 g/mol. The van der Waals surface area contributed by atoms with Gasteiger partial charge in [0, 0.05) is 5.02 Å². The van der Waals surface area contributed by atoms with E-state index in [1.807, 2.05) is 0 Å². The molecule has 1 nitrogen and oxygen atoms in total. The van der Waals surface area contributed by atoms with Gasteiger partial charge < -0.3 is 0 Å². The smallest absolute Gasteiger partial charge is 0.198 e.